The van der Waals surface area contributed by atoms with Gasteiger partial charge < -0.3 is 20.5 Å². The van der Waals surface area contributed by atoms with Crippen molar-refractivity contribution in [1.29, 1.82) is 0 Å². The maximum Gasteiger partial charge on any atom is 0.257 e. The van der Waals surface area contributed by atoms with E-state index < -0.39 is 15.9 Å². The van der Waals surface area contributed by atoms with Gasteiger partial charge in [-0.25, -0.2) is 8.42 Å². The zero-order valence-corrected chi connectivity index (χ0v) is 21.6. The number of benzene rings is 2. The van der Waals surface area contributed by atoms with Crippen molar-refractivity contribution in [2.45, 2.75) is 12.8 Å². The van der Waals surface area contributed by atoms with Gasteiger partial charge in [-0.3, -0.25) is 19.3 Å². The van der Waals surface area contributed by atoms with E-state index in [4.69, 9.17) is 0 Å². The van der Waals surface area contributed by atoms with E-state index in [0.717, 1.165) is 22.8 Å². The number of piperidine rings is 1. The fourth-order valence-electron chi connectivity index (χ4n) is 4.64. The van der Waals surface area contributed by atoms with Crippen LogP contribution in [0.4, 0.5) is 22.7 Å². The topological polar surface area (TPSA) is 136 Å². The van der Waals surface area contributed by atoms with Crippen molar-refractivity contribution in [2.75, 3.05) is 39.6 Å². The molecular weight excluding hydrogens is 504 g/mol. The van der Waals surface area contributed by atoms with Crippen LogP contribution in [0.25, 0.3) is 10.9 Å². The number of pyridine rings is 1. The lowest BCUT2D eigenvalue weighted by atomic mass is 9.95. The summed E-state index contributed by atoms with van der Waals surface area (Å²) in [5, 5.41) is 6.76. The Morgan fingerprint density at radius 2 is 1.68 bits per heavy atom. The number of hydrogen-bond acceptors (Lipinski definition) is 6. The maximum absolute atomic E-state index is 13.2. The first-order valence-electron chi connectivity index (χ1n) is 12.2. The summed E-state index contributed by atoms with van der Waals surface area (Å²) in [7, 11) is -3.55. The quantitative estimate of drug-likeness (QED) is 0.284. The second-order valence-electron chi connectivity index (χ2n) is 9.32. The third-order valence-corrected chi connectivity index (χ3v) is 7.14. The SMILES string of the molecule is CS(=O)(=O)Nc1ccc(C(=O)Nc2ccc3cc[nH]c3c2)c(NC(=O)C2CCN(c3ccncc3)CC2)c1. The second kappa shape index (κ2) is 10.5. The van der Waals surface area contributed by atoms with Crippen molar-refractivity contribution in [1.82, 2.24) is 9.97 Å². The molecule has 0 radical (unpaired) electrons. The molecule has 1 aliphatic heterocycles. The van der Waals surface area contributed by atoms with Crippen molar-refractivity contribution >= 4 is 55.5 Å². The Bertz CT molecular complexity index is 1580. The van der Waals surface area contributed by atoms with E-state index in [1.54, 1.807) is 18.5 Å². The largest absolute Gasteiger partial charge is 0.371 e. The van der Waals surface area contributed by atoms with Crippen molar-refractivity contribution < 1.29 is 18.0 Å². The molecule has 1 fully saturated rings. The van der Waals surface area contributed by atoms with Gasteiger partial charge in [0, 0.05) is 54.5 Å². The molecule has 196 valence electrons. The van der Waals surface area contributed by atoms with E-state index in [0.29, 0.717) is 31.6 Å². The number of nitrogens with one attached hydrogen (secondary N) is 4. The minimum atomic E-state index is -3.55. The molecule has 2 aromatic carbocycles. The van der Waals surface area contributed by atoms with Gasteiger partial charge in [-0.15, -0.1) is 0 Å². The van der Waals surface area contributed by atoms with Crippen LogP contribution in [0.15, 0.2) is 73.2 Å². The highest BCUT2D eigenvalue weighted by molar-refractivity contribution is 7.92. The highest BCUT2D eigenvalue weighted by atomic mass is 32.2. The Labute approximate surface area is 220 Å². The number of aromatic amines is 1. The van der Waals surface area contributed by atoms with Gasteiger partial charge in [-0.1, -0.05) is 6.07 Å². The van der Waals surface area contributed by atoms with Crippen LogP contribution in [0.2, 0.25) is 0 Å². The molecule has 2 amide bonds. The van der Waals surface area contributed by atoms with Gasteiger partial charge in [0.2, 0.25) is 15.9 Å². The number of carbonyl (C=O) groups excluding carboxylic acids is 2. The minimum Gasteiger partial charge on any atom is -0.371 e. The summed E-state index contributed by atoms with van der Waals surface area (Å²) in [5.41, 5.74) is 3.23. The molecule has 10 nitrogen and oxygen atoms in total. The Balaban J connectivity index is 1.34. The Morgan fingerprint density at radius 3 is 2.42 bits per heavy atom. The first-order chi connectivity index (χ1) is 18.2. The molecule has 0 saturated carbocycles. The molecule has 5 rings (SSSR count). The van der Waals surface area contributed by atoms with Gasteiger partial charge >= 0.3 is 0 Å². The number of nitrogens with zero attached hydrogens (tertiary/aromatic N) is 2. The smallest absolute Gasteiger partial charge is 0.257 e. The van der Waals surface area contributed by atoms with Gasteiger partial charge in [0.05, 0.1) is 23.2 Å². The van der Waals surface area contributed by atoms with E-state index in [9.17, 15) is 18.0 Å². The predicted molar refractivity (Wildman–Crippen MR) is 149 cm³/mol. The molecule has 0 spiro atoms. The third kappa shape index (κ3) is 5.94. The fraction of sp³-hybridized carbons (Fsp3) is 0.222. The molecular formula is C27H28N6O4S. The van der Waals surface area contributed by atoms with E-state index in [2.05, 4.69) is 30.2 Å². The summed E-state index contributed by atoms with van der Waals surface area (Å²) >= 11 is 0. The molecule has 0 aliphatic carbocycles. The van der Waals surface area contributed by atoms with Crippen LogP contribution in [0, 0.1) is 5.92 Å². The number of anilines is 4. The number of hydrogen-bond donors (Lipinski definition) is 4. The molecule has 4 aromatic rings. The number of H-pyrrole nitrogens is 1. The maximum atomic E-state index is 13.2. The van der Waals surface area contributed by atoms with Crippen molar-refractivity contribution in [3.8, 4) is 0 Å². The van der Waals surface area contributed by atoms with Gasteiger partial charge in [-0.2, -0.15) is 0 Å². The molecule has 4 N–H and O–H groups in total. The molecule has 3 heterocycles. The zero-order chi connectivity index (χ0) is 26.7. The number of fused-ring (bicyclic) bond motifs is 1. The van der Waals surface area contributed by atoms with Gasteiger partial charge in [-0.05, 0) is 66.8 Å². The summed E-state index contributed by atoms with van der Waals surface area (Å²) < 4.78 is 26.0. The van der Waals surface area contributed by atoms with Crippen molar-refractivity contribution in [3.63, 3.8) is 0 Å². The molecule has 0 atom stereocenters. The highest BCUT2D eigenvalue weighted by Gasteiger charge is 2.26. The van der Waals surface area contributed by atoms with Crippen LogP contribution < -0.4 is 20.3 Å². The van der Waals surface area contributed by atoms with Gasteiger partial charge in [0.15, 0.2) is 0 Å². The average molecular weight is 533 g/mol. The summed E-state index contributed by atoms with van der Waals surface area (Å²) in [6.45, 7) is 1.43. The normalized spacial score (nSPS) is 14.3. The van der Waals surface area contributed by atoms with E-state index in [1.165, 1.54) is 18.2 Å². The molecule has 1 aliphatic rings. The number of carbonyl (C=O) groups is 2. The van der Waals surface area contributed by atoms with Crippen LogP contribution in [-0.2, 0) is 14.8 Å². The lowest BCUT2D eigenvalue weighted by Gasteiger charge is -2.33. The molecule has 38 heavy (non-hydrogen) atoms. The first-order valence-corrected chi connectivity index (χ1v) is 14.1. The number of amides is 2. The third-order valence-electron chi connectivity index (χ3n) is 6.53. The van der Waals surface area contributed by atoms with Crippen LogP contribution in [0.1, 0.15) is 23.2 Å². The monoisotopic (exact) mass is 532 g/mol. The van der Waals surface area contributed by atoms with E-state index in [-0.39, 0.29) is 28.8 Å². The second-order valence-corrected chi connectivity index (χ2v) is 11.1. The molecule has 0 bridgehead atoms. The van der Waals surface area contributed by atoms with Crippen molar-refractivity contribution in [2.24, 2.45) is 5.92 Å². The zero-order valence-electron chi connectivity index (χ0n) is 20.8. The molecule has 1 saturated heterocycles. The summed E-state index contributed by atoms with van der Waals surface area (Å²) in [4.78, 5) is 35.9. The number of aromatic nitrogens is 2. The number of sulfonamides is 1. The Hall–Kier alpha value is -4.38. The average Bonchev–Trinajstić information content (AvgIpc) is 3.36. The van der Waals surface area contributed by atoms with Crippen LogP contribution in [0.5, 0.6) is 0 Å². The van der Waals surface area contributed by atoms with Gasteiger partial charge in [0.1, 0.15) is 0 Å². The minimum absolute atomic E-state index is 0.210. The predicted octanol–water partition coefficient (Wildman–Crippen LogP) is 4.04. The summed E-state index contributed by atoms with van der Waals surface area (Å²) in [6, 6.07) is 15.8. The van der Waals surface area contributed by atoms with Crippen LogP contribution in [-0.4, -0.2) is 49.5 Å². The number of rotatable bonds is 7. The van der Waals surface area contributed by atoms with Crippen LogP contribution in [0.3, 0.4) is 0 Å². The molecule has 0 unspecified atom stereocenters. The van der Waals surface area contributed by atoms with Gasteiger partial charge in [0.25, 0.3) is 5.91 Å². The molecule has 11 heteroatoms. The molecule has 2 aromatic heterocycles. The summed E-state index contributed by atoms with van der Waals surface area (Å²) in [6.07, 6.45) is 7.64. The van der Waals surface area contributed by atoms with E-state index in [1.807, 2.05) is 36.5 Å². The Kier molecular flexibility index (Phi) is 7.01. The highest BCUT2D eigenvalue weighted by Crippen LogP contribution is 2.28. The Morgan fingerprint density at radius 1 is 0.947 bits per heavy atom. The standard InChI is InChI=1S/C27H28N6O4S/c1-38(36,37)32-21-4-5-23(27(35)30-20-3-2-18-6-13-29-24(18)16-20)25(17-21)31-26(34)19-9-14-33(15-10-19)22-7-11-28-12-8-22/h2-8,11-13,16-17,19,29,32H,9-10,14-15H2,1H3,(H,30,35)(H,31,34). The lowest BCUT2D eigenvalue weighted by molar-refractivity contribution is -0.120. The summed E-state index contributed by atoms with van der Waals surface area (Å²) in [5.74, 6) is -0.881. The first kappa shape index (κ1) is 25.3. The van der Waals surface area contributed by atoms with Crippen molar-refractivity contribution in [3.05, 3.63) is 78.8 Å². The fourth-order valence-corrected chi connectivity index (χ4v) is 5.19. The van der Waals surface area contributed by atoms with Crippen LogP contribution >= 0.6 is 0 Å². The van der Waals surface area contributed by atoms with E-state index >= 15 is 0 Å². The lowest BCUT2D eigenvalue weighted by Crippen LogP contribution is -2.38.